The lowest BCUT2D eigenvalue weighted by molar-refractivity contribution is 0.227. The fourth-order valence-electron chi connectivity index (χ4n) is 3.00. The van der Waals surface area contributed by atoms with E-state index in [4.69, 9.17) is 5.11 Å². The standard InChI is InChI=1S/C14H29NO/c1-11(10-16)6-5-7-15-13-9-14(3,4)8-12(13)2/h11-13,15-16H,5-10H2,1-4H3. The first-order valence-corrected chi connectivity index (χ1v) is 6.79. The van der Waals surface area contributed by atoms with Crippen LogP contribution in [0.15, 0.2) is 0 Å². The third-order valence-corrected chi connectivity index (χ3v) is 3.93. The first-order valence-electron chi connectivity index (χ1n) is 6.79. The zero-order valence-electron chi connectivity index (χ0n) is 11.4. The Morgan fingerprint density at radius 3 is 2.56 bits per heavy atom. The molecule has 0 aromatic carbocycles. The molecule has 0 amide bonds. The van der Waals surface area contributed by atoms with Gasteiger partial charge in [0.15, 0.2) is 0 Å². The number of aliphatic hydroxyl groups is 1. The average Bonchev–Trinajstić information content (AvgIpc) is 2.46. The van der Waals surface area contributed by atoms with Crippen molar-refractivity contribution in [2.75, 3.05) is 13.2 Å². The van der Waals surface area contributed by atoms with Gasteiger partial charge < -0.3 is 10.4 Å². The molecule has 0 aromatic heterocycles. The van der Waals surface area contributed by atoms with Crippen molar-refractivity contribution in [2.45, 2.75) is 59.4 Å². The predicted octanol–water partition coefficient (Wildman–Crippen LogP) is 2.81. The highest BCUT2D eigenvalue weighted by molar-refractivity contribution is 4.90. The number of aliphatic hydroxyl groups excluding tert-OH is 1. The molecule has 0 saturated heterocycles. The molecule has 1 rings (SSSR count). The van der Waals surface area contributed by atoms with E-state index in [1.54, 1.807) is 0 Å². The van der Waals surface area contributed by atoms with Gasteiger partial charge in [-0.2, -0.15) is 0 Å². The quantitative estimate of drug-likeness (QED) is 0.684. The van der Waals surface area contributed by atoms with Crippen LogP contribution >= 0.6 is 0 Å². The molecule has 16 heavy (non-hydrogen) atoms. The van der Waals surface area contributed by atoms with Crippen LogP contribution in [0.5, 0.6) is 0 Å². The fourth-order valence-corrected chi connectivity index (χ4v) is 3.00. The first kappa shape index (κ1) is 14.0. The summed E-state index contributed by atoms with van der Waals surface area (Å²) in [5.41, 5.74) is 0.523. The second-order valence-corrected chi connectivity index (χ2v) is 6.54. The van der Waals surface area contributed by atoms with E-state index in [0.717, 1.165) is 18.9 Å². The van der Waals surface area contributed by atoms with Crippen LogP contribution in [0.4, 0.5) is 0 Å². The molecule has 1 aliphatic rings. The van der Waals surface area contributed by atoms with Crippen LogP contribution < -0.4 is 5.32 Å². The van der Waals surface area contributed by atoms with Crippen LogP contribution in [-0.4, -0.2) is 24.3 Å². The van der Waals surface area contributed by atoms with Gasteiger partial charge >= 0.3 is 0 Å². The van der Waals surface area contributed by atoms with Gasteiger partial charge in [-0.15, -0.1) is 0 Å². The van der Waals surface area contributed by atoms with Crippen molar-refractivity contribution in [3.05, 3.63) is 0 Å². The van der Waals surface area contributed by atoms with Crippen molar-refractivity contribution in [2.24, 2.45) is 17.3 Å². The van der Waals surface area contributed by atoms with E-state index >= 15 is 0 Å². The first-order chi connectivity index (χ1) is 7.44. The monoisotopic (exact) mass is 227 g/mol. The van der Waals surface area contributed by atoms with Crippen molar-refractivity contribution >= 4 is 0 Å². The van der Waals surface area contributed by atoms with E-state index in [1.807, 2.05) is 0 Å². The lowest BCUT2D eigenvalue weighted by Gasteiger charge is -2.19. The molecule has 0 heterocycles. The number of rotatable bonds is 6. The van der Waals surface area contributed by atoms with Gasteiger partial charge in [-0.3, -0.25) is 0 Å². The highest BCUT2D eigenvalue weighted by Crippen LogP contribution is 2.40. The van der Waals surface area contributed by atoms with Gasteiger partial charge in [-0.25, -0.2) is 0 Å². The van der Waals surface area contributed by atoms with Crippen LogP contribution in [0.1, 0.15) is 53.4 Å². The molecule has 1 aliphatic carbocycles. The Kier molecular flexibility index (Phi) is 5.26. The van der Waals surface area contributed by atoms with Crippen LogP contribution in [0.2, 0.25) is 0 Å². The minimum Gasteiger partial charge on any atom is -0.396 e. The van der Waals surface area contributed by atoms with Crippen molar-refractivity contribution in [3.63, 3.8) is 0 Å². The van der Waals surface area contributed by atoms with Gasteiger partial charge in [0.1, 0.15) is 0 Å². The molecular formula is C14H29NO. The van der Waals surface area contributed by atoms with E-state index in [-0.39, 0.29) is 0 Å². The van der Waals surface area contributed by atoms with Crippen LogP contribution in [0, 0.1) is 17.3 Å². The predicted molar refractivity (Wildman–Crippen MR) is 69.5 cm³/mol. The fraction of sp³-hybridized carbons (Fsp3) is 1.00. The molecule has 0 bridgehead atoms. The highest BCUT2D eigenvalue weighted by atomic mass is 16.3. The lowest BCUT2D eigenvalue weighted by Crippen LogP contribution is -2.32. The van der Waals surface area contributed by atoms with E-state index in [1.165, 1.54) is 19.3 Å². The van der Waals surface area contributed by atoms with Gasteiger partial charge in [0.25, 0.3) is 0 Å². The summed E-state index contributed by atoms with van der Waals surface area (Å²) in [7, 11) is 0. The summed E-state index contributed by atoms with van der Waals surface area (Å²) in [5.74, 6) is 1.27. The SMILES string of the molecule is CC(CO)CCCNC1CC(C)(C)CC1C. The molecule has 96 valence electrons. The maximum atomic E-state index is 8.94. The second-order valence-electron chi connectivity index (χ2n) is 6.54. The summed E-state index contributed by atoms with van der Waals surface area (Å²) in [4.78, 5) is 0. The molecule has 1 saturated carbocycles. The van der Waals surface area contributed by atoms with Gasteiger partial charge in [0.05, 0.1) is 0 Å². The molecule has 3 unspecified atom stereocenters. The molecule has 2 heteroatoms. The number of hydrogen-bond acceptors (Lipinski definition) is 2. The minimum atomic E-state index is 0.326. The molecule has 2 nitrogen and oxygen atoms in total. The average molecular weight is 227 g/mol. The number of nitrogens with one attached hydrogen (secondary N) is 1. The molecule has 3 atom stereocenters. The van der Waals surface area contributed by atoms with E-state index in [2.05, 4.69) is 33.0 Å². The van der Waals surface area contributed by atoms with Gasteiger partial charge in [-0.05, 0) is 49.5 Å². The zero-order valence-corrected chi connectivity index (χ0v) is 11.4. The summed E-state index contributed by atoms with van der Waals surface area (Å²) in [6.45, 7) is 10.7. The van der Waals surface area contributed by atoms with E-state index < -0.39 is 0 Å². The van der Waals surface area contributed by atoms with Crippen molar-refractivity contribution in [1.82, 2.24) is 5.32 Å². The highest BCUT2D eigenvalue weighted by Gasteiger charge is 2.35. The Morgan fingerprint density at radius 1 is 1.38 bits per heavy atom. The van der Waals surface area contributed by atoms with Gasteiger partial charge in [0.2, 0.25) is 0 Å². The van der Waals surface area contributed by atoms with Crippen molar-refractivity contribution in [1.29, 1.82) is 0 Å². The Labute approximate surface area is 101 Å². The third kappa shape index (κ3) is 4.42. The van der Waals surface area contributed by atoms with Crippen molar-refractivity contribution < 1.29 is 5.11 Å². The molecule has 1 fully saturated rings. The summed E-state index contributed by atoms with van der Waals surface area (Å²) in [6.07, 6.45) is 4.97. The topological polar surface area (TPSA) is 32.3 Å². The summed E-state index contributed by atoms with van der Waals surface area (Å²) in [6, 6.07) is 0.708. The smallest absolute Gasteiger partial charge is 0.0456 e. The Morgan fingerprint density at radius 2 is 2.06 bits per heavy atom. The molecular weight excluding hydrogens is 198 g/mol. The van der Waals surface area contributed by atoms with E-state index in [9.17, 15) is 0 Å². The zero-order chi connectivity index (χ0) is 12.2. The van der Waals surface area contributed by atoms with Crippen LogP contribution in [0.3, 0.4) is 0 Å². The largest absolute Gasteiger partial charge is 0.396 e. The summed E-state index contributed by atoms with van der Waals surface area (Å²) in [5, 5.41) is 12.6. The maximum absolute atomic E-state index is 8.94. The minimum absolute atomic E-state index is 0.326. The van der Waals surface area contributed by atoms with Gasteiger partial charge in [0, 0.05) is 12.6 Å². The van der Waals surface area contributed by atoms with E-state index in [0.29, 0.717) is 24.0 Å². The van der Waals surface area contributed by atoms with Crippen molar-refractivity contribution in [3.8, 4) is 0 Å². The molecule has 2 N–H and O–H groups in total. The van der Waals surface area contributed by atoms with Crippen LogP contribution in [-0.2, 0) is 0 Å². The van der Waals surface area contributed by atoms with Crippen LogP contribution in [0.25, 0.3) is 0 Å². The second kappa shape index (κ2) is 6.02. The maximum Gasteiger partial charge on any atom is 0.0456 e. The molecule has 0 spiro atoms. The Bertz CT molecular complexity index is 203. The molecule has 0 radical (unpaired) electrons. The summed E-state index contributed by atoms with van der Waals surface area (Å²) < 4.78 is 0. The lowest BCUT2D eigenvalue weighted by atomic mass is 9.91. The third-order valence-electron chi connectivity index (χ3n) is 3.93. The molecule has 0 aromatic rings. The van der Waals surface area contributed by atoms with Gasteiger partial charge in [-0.1, -0.05) is 27.7 Å². The Balaban J connectivity index is 2.14. The Hall–Kier alpha value is -0.0800. The number of hydrogen-bond donors (Lipinski definition) is 2. The summed E-state index contributed by atoms with van der Waals surface area (Å²) >= 11 is 0. The molecule has 0 aliphatic heterocycles. The normalized spacial score (nSPS) is 30.6.